The molecule has 1 aromatic carbocycles. The Morgan fingerprint density at radius 2 is 2.07 bits per heavy atom. The molecule has 7 nitrogen and oxygen atoms in total. The fourth-order valence-electron chi connectivity index (χ4n) is 3.40. The lowest BCUT2D eigenvalue weighted by atomic mass is 9.78. The molecule has 156 valence electrons. The first kappa shape index (κ1) is 22.3. The predicted molar refractivity (Wildman–Crippen MR) is 108 cm³/mol. The molecule has 2 rings (SSSR count). The summed E-state index contributed by atoms with van der Waals surface area (Å²) < 4.78 is 15.5. The number of hydrogen-bond acceptors (Lipinski definition) is 6. The largest absolute Gasteiger partial charge is 0.493 e. The van der Waals surface area contributed by atoms with Crippen molar-refractivity contribution in [2.75, 3.05) is 20.3 Å². The average molecular weight is 400 g/mol. The van der Waals surface area contributed by atoms with Gasteiger partial charge in [0, 0.05) is 12.1 Å². The molecule has 0 spiro atoms. The highest BCUT2D eigenvalue weighted by Gasteiger charge is 2.28. The number of carbonyl (C=O) groups is 2. The van der Waals surface area contributed by atoms with Crippen LogP contribution in [0.25, 0.3) is 6.08 Å². The van der Waals surface area contributed by atoms with Gasteiger partial charge in [0.1, 0.15) is 6.07 Å². The van der Waals surface area contributed by atoms with Crippen molar-refractivity contribution in [1.29, 1.82) is 5.26 Å². The maximum atomic E-state index is 12.1. The van der Waals surface area contributed by atoms with E-state index in [1.165, 1.54) is 19.6 Å². The number of benzene rings is 1. The first-order valence-electron chi connectivity index (χ1n) is 9.76. The number of ether oxygens (including phenoxy) is 3. The standard InChI is InChI=1S/C22H28N2O5/c1-15-5-4-6-18(16(15)2)24-21(25)14-29-22(26)10-8-17-7-9-19(28-12-11-23)20(13-17)27-3/h7-10,13,15-16,18H,4-6,12,14H2,1-3H3,(H,24,25)/b10-8+/t15-,16+,18+/m0/s1. The summed E-state index contributed by atoms with van der Waals surface area (Å²) in [4.78, 5) is 24.0. The first-order valence-corrected chi connectivity index (χ1v) is 9.76. The van der Waals surface area contributed by atoms with Crippen LogP contribution < -0.4 is 14.8 Å². The summed E-state index contributed by atoms with van der Waals surface area (Å²) in [6.45, 7) is 3.96. The van der Waals surface area contributed by atoms with E-state index in [0.717, 1.165) is 12.8 Å². The van der Waals surface area contributed by atoms with E-state index in [4.69, 9.17) is 19.5 Å². The number of methoxy groups -OCH3 is 1. The topological polar surface area (TPSA) is 97.7 Å². The smallest absolute Gasteiger partial charge is 0.331 e. The van der Waals surface area contributed by atoms with Gasteiger partial charge in [-0.2, -0.15) is 5.26 Å². The maximum Gasteiger partial charge on any atom is 0.331 e. The lowest BCUT2D eigenvalue weighted by Crippen LogP contribution is -2.45. The second kappa shape index (κ2) is 11.1. The van der Waals surface area contributed by atoms with E-state index in [0.29, 0.717) is 28.9 Å². The molecular formula is C22H28N2O5. The van der Waals surface area contributed by atoms with Gasteiger partial charge < -0.3 is 19.5 Å². The highest BCUT2D eigenvalue weighted by atomic mass is 16.5. The Labute approximate surface area is 171 Å². The van der Waals surface area contributed by atoms with Crippen molar-refractivity contribution in [2.24, 2.45) is 11.8 Å². The van der Waals surface area contributed by atoms with Gasteiger partial charge in [-0.1, -0.05) is 32.8 Å². The Hall–Kier alpha value is -3.01. The van der Waals surface area contributed by atoms with Gasteiger partial charge in [-0.3, -0.25) is 4.79 Å². The van der Waals surface area contributed by atoms with Crippen molar-refractivity contribution in [3.63, 3.8) is 0 Å². The molecule has 0 saturated heterocycles. The van der Waals surface area contributed by atoms with Gasteiger partial charge in [-0.15, -0.1) is 0 Å². The van der Waals surface area contributed by atoms with Crippen molar-refractivity contribution < 1.29 is 23.8 Å². The second-order valence-corrected chi connectivity index (χ2v) is 7.24. The molecular weight excluding hydrogens is 372 g/mol. The van der Waals surface area contributed by atoms with Crippen molar-refractivity contribution in [1.82, 2.24) is 5.32 Å². The Bertz CT molecular complexity index is 784. The zero-order valence-corrected chi connectivity index (χ0v) is 17.1. The predicted octanol–water partition coefficient (Wildman–Crippen LogP) is 3.09. The van der Waals surface area contributed by atoms with Gasteiger partial charge in [0.25, 0.3) is 5.91 Å². The number of rotatable bonds is 8. The molecule has 1 amide bonds. The zero-order valence-electron chi connectivity index (χ0n) is 17.1. The minimum atomic E-state index is -0.603. The van der Waals surface area contributed by atoms with E-state index >= 15 is 0 Å². The molecule has 1 N–H and O–H groups in total. The van der Waals surface area contributed by atoms with E-state index < -0.39 is 5.97 Å². The quantitative estimate of drug-likeness (QED) is 0.532. The van der Waals surface area contributed by atoms with E-state index in [9.17, 15) is 9.59 Å². The van der Waals surface area contributed by atoms with E-state index in [1.807, 2.05) is 6.07 Å². The van der Waals surface area contributed by atoms with E-state index in [1.54, 1.807) is 24.3 Å². The minimum absolute atomic E-state index is 0.0848. The molecule has 0 unspecified atom stereocenters. The van der Waals surface area contributed by atoms with Crippen molar-refractivity contribution in [3.05, 3.63) is 29.8 Å². The maximum absolute atomic E-state index is 12.1. The third-order valence-corrected chi connectivity index (χ3v) is 5.29. The van der Waals surface area contributed by atoms with Crippen LogP contribution in [0.5, 0.6) is 11.5 Å². The van der Waals surface area contributed by atoms with Crippen LogP contribution >= 0.6 is 0 Å². The summed E-state index contributed by atoms with van der Waals surface area (Å²) in [7, 11) is 1.49. The number of nitrogens with one attached hydrogen (secondary N) is 1. The lowest BCUT2D eigenvalue weighted by Gasteiger charge is -2.34. The summed E-state index contributed by atoms with van der Waals surface area (Å²) in [6, 6.07) is 7.07. The van der Waals surface area contributed by atoms with Gasteiger partial charge in [0.15, 0.2) is 24.7 Å². The summed E-state index contributed by atoms with van der Waals surface area (Å²) >= 11 is 0. The Morgan fingerprint density at radius 1 is 1.28 bits per heavy atom. The van der Waals surface area contributed by atoms with E-state index in [2.05, 4.69) is 19.2 Å². The molecule has 0 radical (unpaired) electrons. The second-order valence-electron chi connectivity index (χ2n) is 7.24. The third-order valence-electron chi connectivity index (χ3n) is 5.29. The molecule has 29 heavy (non-hydrogen) atoms. The monoisotopic (exact) mass is 400 g/mol. The average Bonchev–Trinajstić information content (AvgIpc) is 2.72. The van der Waals surface area contributed by atoms with E-state index in [-0.39, 0.29) is 25.2 Å². The molecule has 0 bridgehead atoms. The van der Waals surface area contributed by atoms with Crippen LogP contribution in [-0.2, 0) is 14.3 Å². The SMILES string of the molecule is COc1cc(/C=C/C(=O)OCC(=O)N[C@@H]2CCC[C@H](C)[C@H]2C)ccc1OCC#N. The molecule has 1 aliphatic rings. The van der Waals surface area contributed by atoms with Crippen LogP contribution in [0.1, 0.15) is 38.7 Å². The van der Waals surface area contributed by atoms with Gasteiger partial charge in [0.2, 0.25) is 0 Å². The van der Waals surface area contributed by atoms with Gasteiger partial charge >= 0.3 is 5.97 Å². The van der Waals surface area contributed by atoms with Crippen molar-refractivity contribution in [3.8, 4) is 17.6 Å². The van der Waals surface area contributed by atoms with Crippen molar-refractivity contribution in [2.45, 2.75) is 39.2 Å². The zero-order chi connectivity index (χ0) is 21.2. The number of carbonyl (C=O) groups excluding carboxylic acids is 2. The van der Waals surface area contributed by atoms with Crippen LogP contribution in [-0.4, -0.2) is 38.2 Å². The Kier molecular flexibility index (Phi) is 8.53. The summed E-state index contributed by atoms with van der Waals surface area (Å²) in [6.07, 6.45) is 6.05. The summed E-state index contributed by atoms with van der Waals surface area (Å²) in [5, 5.41) is 11.6. The van der Waals surface area contributed by atoms with Crippen LogP contribution in [0, 0.1) is 23.2 Å². The van der Waals surface area contributed by atoms with Crippen LogP contribution in [0.3, 0.4) is 0 Å². The Balaban J connectivity index is 1.83. The molecule has 0 aliphatic heterocycles. The number of amides is 1. The highest BCUT2D eigenvalue weighted by Crippen LogP contribution is 2.29. The number of nitriles is 1. The molecule has 1 fully saturated rings. The van der Waals surface area contributed by atoms with Crippen LogP contribution in [0.15, 0.2) is 24.3 Å². The van der Waals surface area contributed by atoms with Crippen LogP contribution in [0.4, 0.5) is 0 Å². The fourth-order valence-corrected chi connectivity index (χ4v) is 3.40. The lowest BCUT2D eigenvalue weighted by molar-refractivity contribution is -0.144. The third kappa shape index (κ3) is 6.83. The fraction of sp³-hybridized carbons (Fsp3) is 0.500. The van der Waals surface area contributed by atoms with Crippen LogP contribution in [0.2, 0.25) is 0 Å². The van der Waals surface area contributed by atoms with Gasteiger partial charge in [-0.05, 0) is 42.0 Å². The first-order chi connectivity index (χ1) is 13.9. The normalized spacial score (nSPS) is 21.2. The molecule has 0 aromatic heterocycles. The molecule has 1 aromatic rings. The number of nitrogens with zero attached hydrogens (tertiary/aromatic N) is 1. The summed E-state index contributed by atoms with van der Waals surface area (Å²) in [5.41, 5.74) is 0.692. The molecule has 0 heterocycles. The summed E-state index contributed by atoms with van der Waals surface area (Å²) in [5.74, 6) is 1.00. The molecule has 1 aliphatic carbocycles. The molecule has 7 heteroatoms. The Morgan fingerprint density at radius 3 is 2.79 bits per heavy atom. The molecule has 1 saturated carbocycles. The van der Waals surface area contributed by atoms with Gasteiger partial charge in [-0.25, -0.2) is 4.79 Å². The number of esters is 1. The number of hydrogen-bond donors (Lipinski definition) is 1. The minimum Gasteiger partial charge on any atom is -0.493 e. The highest BCUT2D eigenvalue weighted by molar-refractivity contribution is 5.89. The van der Waals surface area contributed by atoms with Gasteiger partial charge in [0.05, 0.1) is 7.11 Å². The van der Waals surface area contributed by atoms with Crippen molar-refractivity contribution >= 4 is 18.0 Å². The molecule has 3 atom stereocenters.